The zero-order valence-corrected chi connectivity index (χ0v) is 11.6. The Morgan fingerprint density at radius 3 is 2.33 bits per heavy atom. The van der Waals surface area contributed by atoms with Crippen LogP contribution in [0.3, 0.4) is 0 Å². The predicted molar refractivity (Wildman–Crippen MR) is 74.5 cm³/mol. The normalized spacial score (nSPS) is 26.1. The molecule has 2 N–H and O–H groups in total. The van der Waals surface area contributed by atoms with Gasteiger partial charge in [-0.05, 0) is 37.2 Å². The minimum atomic E-state index is 0.162. The molecule has 4 nitrogen and oxygen atoms in total. The number of rotatable bonds is 3. The summed E-state index contributed by atoms with van der Waals surface area (Å²) in [6.07, 6.45) is 5.97. The highest BCUT2D eigenvalue weighted by Gasteiger charge is 2.23. The van der Waals surface area contributed by atoms with Gasteiger partial charge in [-0.15, -0.1) is 0 Å². The van der Waals surface area contributed by atoms with Crippen LogP contribution >= 0.6 is 0 Å². The number of nitrogens with two attached hydrogens (primary N) is 1. The smallest absolute Gasteiger partial charge is 0.225 e. The van der Waals surface area contributed by atoms with Crippen LogP contribution in [0, 0.1) is 11.8 Å². The number of aromatic nitrogens is 2. The molecule has 3 unspecified atom stereocenters. The van der Waals surface area contributed by atoms with Gasteiger partial charge < -0.3 is 10.6 Å². The van der Waals surface area contributed by atoms with Crippen molar-refractivity contribution in [3.63, 3.8) is 0 Å². The van der Waals surface area contributed by atoms with E-state index >= 15 is 0 Å². The molecule has 0 aromatic carbocycles. The van der Waals surface area contributed by atoms with Crippen molar-refractivity contribution in [3.05, 3.63) is 18.0 Å². The average molecular weight is 248 g/mol. The van der Waals surface area contributed by atoms with E-state index in [0.29, 0.717) is 0 Å². The van der Waals surface area contributed by atoms with Crippen LogP contribution in [-0.2, 0) is 6.42 Å². The maximum atomic E-state index is 5.78. The molecule has 100 valence electrons. The summed E-state index contributed by atoms with van der Waals surface area (Å²) in [5, 5.41) is 0. The van der Waals surface area contributed by atoms with Gasteiger partial charge in [-0.2, -0.15) is 0 Å². The van der Waals surface area contributed by atoms with Gasteiger partial charge in [0, 0.05) is 31.5 Å². The summed E-state index contributed by atoms with van der Waals surface area (Å²) in [6.45, 7) is 8.73. The molecule has 1 saturated heterocycles. The van der Waals surface area contributed by atoms with Gasteiger partial charge in [0.15, 0.2) is 0 Å². The van der Waals surface area contributed by atoms with Crippen molar-refractivity contribution in [3.8, 4) is 0 Å². The van der Waals surface area contributed by atoms with Gasteiger partial charge in [0.05, 0.1) is 0 Å². The van der Waals surface area contributed by atoms with Crippen LogP contribution in [0.25, 0.3) is 0 Å². The van der Waals surface area contributed by atoms with Crippen molar-refractivity contribution in [1.82, 2.24) is 9.97 Å². The lowest BCUT2D eigenvalue weighted by atomic mass is 9.92. The Kier molecular flexibility index (Phi) is 4.17. The minimum Gasteiger partial charge on any atom is -0.340 e. The monoisotopic (exact) mass is 248 g/mol. The molecule has 1 aliphatic rings. The molecule has 2 rings (SSSR count). The highest BCUT2D eigenvalue weighted by molar-refractivity contribution is 5.31. The third-order valence-electron chi connectivity index (χ3n) is 3.40. The second-order valence-electron chi connectivity index (χ2n) is 5.92. The maximum absolute atomic E-state index is 5.78. The Labute approximate surface area is 110 Å². The fourth-order valence-electron chi connectivity index (χ4n) is 2.81. The summed E-state index contributed by atoms with van der Waals surface area (Å²) >= 11 is 0. The summed E-state index contributed by atoms with van der Waals surface area (Å²) in [4.78, 5) is 11.3. The first kappa shape index (κ1) is 13.3. The second-order valence-corrected chi connectivity index (χ2v) is 5.92. The molecule has 0 aliphatic carbocycles. The Morgan fingerprint density at radius 2 is 1.83 bits per heavy atom. The lowest BCUT2D eigenvalue weighted by Gasteiger charge is -2.34. The van der Waals surface area contributed by atoms with E-state index in [1.165, 1.54) is 6.42 Å². The average Bonchev–Trinajstić information content (AvgIpc) is 2.27. The van der Waals surface area contributed by atoms with E-state index in [9.17, 15) is 0 Å². The second kappa shape index (κ2) is 5.65. The van der Waals surface area contributed by atoms with Crippen LogP contribution in [0.2, 0.25) is 0 Å². The zero-order chi connectivity index (χ0) is 13.1. The first-order valence-corrected chi connectivity index (χ1v) is 6.86. The Balaban J connectivity index is 2.04. The van der Waals surface area contributed by atoms with Crippen molar-refractivity contribution < 1.29 is 0 Å². The van der Waals surface area contributed by atoms with Crippen molar-refractivity contribution in [2.75, 3.05) is 18.0 Å². The number of piperidine rings is 1. The lowest BCUT2D eigenvalue weighted by molar-refractivity contribution is 0.353. The standard InChI is InChI=1S/C14H24N4/c1-10-4-11(2)9-18(8-10)14-16-6-13(7-17-14)5-12(3)15/h6-7,10-12H,4-5,8-9,15H2,1-3H3. The van der Waals surface area contributed by atoms with Gasteiger partial charge in [0.25, 0.3) is 0 Å². The first-order chi connectivity index (χ1) is 8.54. The molecular formula is C14H24N4. The van der Waals surface area contributed by atoms with E-state index in [4.69, 9.17) is 5.73 Å². The van der Waals surface area contributed by atoms with Crippen LogP contribution in [-0.4, -0.2) is 29.1 Å². The van der Waals surface area contributed by atoms with E-state index in [0.717, 1.165) is 42.9 Å². The molecule has 1 aliphatic heterocycles. The summed E-state index contributed by atoms with van der Waals surface area (Å²) < 4.78 is 0. The summed E-state index contributed by atoms with van der Waals surface area (Å²) in [5.74, 6) is 2.31. The highest BCUT2D eigenvalue weighted by Crippen LogP contribution is 2.23. The fourth-order valence-corrected chi connectivity index (χ4v) is 2.81. The van der Waals surface area contributed by atoms with E-state index in [1.807, 2.05) is 19.3 Å². The van der Waals surface area contributed by atoms with Gasteiger partial charge in [0.2, 0.25) is 5.95 Å². The molecular weight excluding hydrogens is 224 g/mol. The van der Waals surface area contributed by atoms with E-state index in [-0.39, 0.29) is 6.04 Å². The Hall–Kier alpha value is -1.16. The van der Waals surface area contributed by atoms with Gasteiger partial charge in [0.1, 0.15) is 0 Å². The van der Waals surface area contributed by atoms with E-state index in [1.54, 1.807) is 0 Å². The number of anilines is 1. The summed E-state index contributed by atoms with van der Waals surface area (Å²) in [5.41, 5.74) is 6.89. The molecule has 0 amide bonds. The molecule has 0 saturated carbocycles. The van der Waals surface area contributed by atoms with Gasteiger partial charge in [-0.1, -0.05) is 13.8 Å². The number of hydrogen-bond acceptors (Lipinski definition) is 4. The first-order valence-electron chi connectivity index (χ1n) is 6.86. The number of hydrogen-bond donors (Lipinski definition) is 1. The molecule has 1 aromatic rings. The van der Waals surface area contributed by atoms with Crippen LogP contribution in [0.15, 0.2) is 12.4 Å². The van der Waals surface area contributed by atoms with Crippen molar-refractivity contribution in [2.24, 2.45) is 17.6 Å². The molecule has 18 heavy (non-hydrogen) atoms. The van der Waals surface area contributed by atoms with E-state index < -0.39 is 0 Å². The lowest BCUT2D eigenvalue weighted by Crippen LogP contribution is -2.39. The number of nitrogens with zero attached hydrogens (tertiary/aromatic N) is 3. The molecule has 2 heterocycles. The van der Waals surface area contributed by atoms with Gasteiger partial charge in [-0.25, -0.2) is 9.97 Å². The van der Waals surface area contributed by atoms with Crippen LogP contribution in [0.1, 0.15) is 32.8 Å². The van der Waals surface area contributed by atoms with Crippen molar-refractivity contribution in [2.45, 2.75) is 39.7 Å². The fraction of sp³-hybridized carbons (Fsp3) is 0.714. The van der Waals surface area contributed by atoms with E-state index in [2.05, 4.69) is 28.7 Å². The molecule has 0 spiro atoms. The van der Waals surface area contributed by atoms with Crippen LogP contribution in [0.4, 0.5) is 5.95 Å². The third kappa shape index (κ3) is 3.42. The summed E-state index contributed by atoms with van der Waals surface area (Å²) in [7, 11) is 0. The quantitative estimate of drug-likeness (QED) is 0.887. The molecule has 4 heteroatoms. The van der Waals surface area contributed by atoms with Gasteiger partial charge >= 0.3 is 0 Å². The Bertz CT molecular complexity index is 364. The van der Waals surface area contributed by atoms with Crippen molar-refractivity contribution in [1.29, 1.82) is 0 Å². The topological polar surface area (TPSA) is 55.0 Å². The SMILES string of the molecule is CC(N)Cc1cnc(N2CC(C)CC(C)C2)nc1. The molecule has 0 radical (unpaired) electrons. The Morgan fingerprint density at radius 1 is 1.28 bits per heavy atom. The molecule has 1 aromatic heterocycles. The molecule has 3 atom stereocenters. The summed E-state index contributed by atoms with van der Waals surface area (Å²) in [6, 6.07) is 0.162. The van der Waals surface area contributed by atoms with Crippen LogP contribution in [0.5, 0.6) is 0 Å². The largest absolute Gasteiger partial charge is 0.340 e. The third-order valence-corrected chi connectivity index (χ3v) is 3.40. The van der Waals surface area contributed by atoms with Crippen LogP contribution < -0.4 is 10.6 Å². The molecule has 1 fully saturated rings. The maximum Gasteiger partial charge on any atom is 0.225 e. The minimum absolute atomic E-state index is 0.162. The highest BCUT2D eigenvalue weighted by atomic mass is 15.3. The van der Waals surface area contributed by atoms with Gasteiger partial charge in [-0.3, -0.25) is 0 Å². The zero-order valence-electron chi connectivity index (χ0n) is 11.6. The molecule has 0 bridgehead atoms. The van der Waals surface area contributed by atoms with Crippen molar-refractivity contribution >= 4 is 5.95 Å². The predicted octanol–water partition coefficient (Wildman–Crippen LogP) is 1.85.